The molecule has 14 nitrogen and oxygen atoms in total. The number of aliphatic hydroxyl groups excluding tert-OH is 2. The average Bonchev–Trinajstić information content (AvgIpc) is 3.36. The SMILES string of the molecule is CC(C)[C@H](NC(=O)[C@@H](N)Cc1ccccc1)C(=O)OC[C@H]1O[C@@H](n2c(=O)sc3c(=O)[nH]c(N)nc32)[C@H](O)[C@@H]1O.Cl. The molecule has 1 amide bonds. The molecule has 40 heavy (non-hydrogen) atoms. The molecule has 2 aromatic heterocycles. The van der Waals surface area contributed by atoms with Crippen molar-refractivity contribution < 1.29 is 29.3 Å². The van der Waals surface area contributed by atoms with Crippen molar-refractivity contribution in [2.45, 2.75) is 56.9 Å². The van der Waals surface area contributed by atoms with Crippen LogP contribution < -0.4 is 27.2 Å². The van der Waals surface area contributed by atoms with E-state index in [-0.39, 0.29) is 41.0 Å². The number of aromatic amines is 1. The number of aliphatic hydroxyl groups is 2. The van der Waals surface area contributed by atoms with Gasteiger partial charge in [0.05, 0.1) is 6.04 Å². The Balaban J connectivity index is 0.00000441. The molecule has 0 saturated carbocycles. The van der Waals surface area contributed by atoms with Gasteiger partial charge in [-0.1, -0.05) is 55.5 Å². The van der Waals surface area contributed by atoms with Gasteiger partial charge in [0.25, 0.3) is 5.56 Å². The Morgan fingerprint density at radius 1 is 1.23 bits per heavy atom. The van der Waals surface area contributed by atoms with E-state index in [1.807, 2.05) is 30.3 Å². The van der Waals surface area contributed by atoms with Crippen LogP contribution in [0.25, 0.3) is 10.3 Å². The van der Waals surface area contributed by atoms with E-state index < -0.39 is 65.5 Å². The third kappa shape index (κ3) is 6.51. The van der Waals surface area contributed by atoms with Crippen molar-refractivity contribution in [2.24, 2.45) is 11.7 Å². The molecule has 4 rings (SSSR count). The third-order valence-electron chi connectivity index (χ3n) is 6.33. The summed E-state index contributed by atoms with van der Waals surface area (Å²) in [5, 5.41) is 23.8. The van der Waals surface area contributed by atoms with Crippen LogP contribution in [0.15, 0.2) is 39.9 Å². The highest BCUT2D eigenvalue weighted by molar-refractivity contribution is 7.16. The fourth-order valence-corrected chi connectivity index (χ4v) is 5.07. The number of thiazole rings is 1. The molecule has 0 unspecified atom stereocenters. The van der Waals surface area contributed by atoms with E-state index in [4.69, 9.17) is 20.9 Å². The fourth-order valence-electron chi connectivity index (χ4n) is 4.22. The largest absolute Gasteiger partial charge is 0.461 e. The number of aromatic nitrogens is 3. The summed E-state index contributed by atoms with van der Waals surface area (Å²) in [7, 11) is 0. The van der Waals surface area contributed by atoms with Crippen LogP contribution in [0.2, 0.25) is 0 Å². The van der Waals surface area contributed by atoms with Crippen molar-refractivity contribution in [3.63, 3.8) is 0 Å². The molecule has 8 N–H and O–H groups in total. The van der Waals surface area contributed by atoms with Crippen LogP contribution in [0.1, 0.15) is 25.6 Å². The molecule has 218 valence electrons. The van der Waals surface area contributed by atoms with Gasteiger partial charge in [0.1, 0.15) is 35.7 Å². The molecule has 0 aliphatic carbocycles. The van der Waals surface area contributed by atoms with Gasteiger partial charge in [-0.25, -0.2) is 4.79 Å². The minimum absolute atomic E-state index is 0. The van der Waals surface area contributed by atoms with Crippen molar-refractivity contribution in [1.82, 2.24) is 19.9 Å². The molecule has 0 radical (unpaired) electrons. The molecule has 1 fully saturated rings. The first kappa shape index (κ1) is 31.2. The van der Waals surface area contributed by atoms with E-state index in [0.29, 0.717) is 11.3 Å². The lowest BCUT2D eigenvalue weighted by Gasteiger charge is -2.24. The number of ether oxygens (including phenoxy) is 2. The highest BCUT2D eigenvalue weighted by atomic mass is 35.5. The quantitative estimate of drug-likeness (QED) is 0.164. The van der Waals surface area contributed by atoms with E-state index in [9.17, 15) is 29.4 Å². The summed E-state index contributed by atoms with van der Waals surface area (Å²) in [6.45, 7) is 2.93. The highest BCUT2D eigenvalue weighted by Crippen LogP contribution is 2.31. The summed E-state index contributed by atoms with van der Waals surface area (Å²) in [6, 6.07) is 7.25. The second-order valence-corrected chi connectivity index (χ2v) is 10.5. The maximum atomic E-state index is 12.9. The summed E-state index contributed by atoms with van der Waals surface area (Å²) >= 11 is 0.576. The number of carbonyl (C=O) groups is 2. The lowest BCUT2D eigenvalue weighted by Crippen LogP contribution is -2.52. The maximum Gasteiger partial charge on any atom is 0.328 e. The van der Waals surface area contributed by atoms with Crippen molar-refractivity contribution >= 4 is 51.9 Å². The number of nitrogens with one attached hydrogen (secondary N) is 2. The molecule has 0 bridgehead atoms. The van der Waals surface area contributed by atoms with Gasteiger partial charge in [0.2, 0.25) is 11.9 Å². The Labute approximate surface area is 237 Å². The van der Waals surface area contributed by atoms with Gasteiger partial charge < -0.3 is 36.5 Å². The van der Waals surface area contributed by atoms with Gasteiger partial charge in [-0.15, -0.1) is 12.4 Å². The van der Waals surface area contributed by atoms with Crippen LogP contribution in [0.5, 0.6) is 0 Å². The molecule has 3 aromatic rings. The second-order valence-electron chi connectivity index (χ2n) is 9.54. The first-order chi connectivity index (χ1) is 18.5. The van der Waals surface area contributed by atoms with Crippen molar-refractivity contribution in [3.05, 3.63) is 55.9 Å². The Bertz CT molecular complexity index is 1460. The number of fused-ring (bicyclic) bond motifs is 1. The molecule has 16 heteroatoms. The van der Waals surface area contributed by atoms with Crippen LogP contribution in [0.3, 0.4) is 0 Å². The minimum Gasteiger partial charge on any atom is -0.461 e. The molecule has 3 heterocycles. The van der Waals surface area contributed by atoms with E-state index >= 15 is 0 Å². The summed E-state index contributed by atoms with van der Waals surface area (Å²) < 4.78 is 11.9. The summed E-state index contributed by atoms with van der Waals surface area (Å²) in [6.07, 6.45) is -5.52. The number of halogens is 1. The predicted octanol–water partition coefficient (Wildman–Crippen LogP) is -0.976. The number of hydrogen-bond acceptors (Lipinski definition) is 12. The van der Waals surface area contributed by atoms with Crippen molar-refractivity contribution in [3.8, 4) is 0 Å². The molecule has 1 aromatic carbocycles. The Morgan fingerprint density at radius 3 is 2.55 bits per heavy atom. The molecule has 1 aliphatic rings. The first-order valence-electron chi connectivity index (χ1n) is 12.2. The van der Waals surface area contributed by atoms with Crippen LogP contribution in [0.4, 0.5) is 5.95 Å². The van der Waals surface area contributed by atoms with Gasteiger partial charge in [0, 0.05) is 0 Å². The fraction of sp³-hybridized carbons (Fsp3) is 0.458. The number of hydrogen-bond donors (Lipinski definition) is 6. The van der Waals surface area contributed by atoms with E-state index in [0.717, 1.165) is 10.1 Å². The molecule has 0 spiro atoms. The monoisotopic (exact) mass is 598 g/mol. The maximum absolute atomic E-state index is 12.9. The van der Waals surface area contributed by atoms with Gasteiger partial charge in [-0.2, -0.15) is 4.98 Å². The first-order valence-corrected chi connectivity index (χ1v) is 13.0. The molecular weight excluding hydrogens is 568 g/mol. The van der Waals surface area contributed by atoms with Crippen LogP contribution in [-0.4, -0.2) is 73.6 Å². The second kappa shape index (κ2) is 12.9. The highest BCUT2D eigenvalue weighted by Gasteiger charge is 2.46. The molecule has 6 atom stereocenters. The van der Waals surface area contributed by atoms with Gasteiger partial charge in [-0.3, -0.25) is 23.9 Å². The normalized spacial score (nSPS) is 22.1. The van der Waals surface area contributed by atoms with Gasteiger partial charge in [-0.05, 0) is 17.9 Å². The van der Waals surface area contributed by atoms with Crippen LogP contribution in [0, 0.1) is 5.92 Å². The Hall–Kier alpha value is -3.34. The molecular formula is C24H31ClN6O8S. The Morgan fingerprint density at radius 2 is 1.90 bits per heavy atom. The zero-order valence-electron chi connectivity index (χ0n) is 21.6. The summed E-state index contributed by atoms with van der Waals surface area (Å²) in [5.74, 6) is -1.93. The van der Waals surface area contributed by atoms with E-state index in [1.54, 1.807) is 13.8 Å². The van der Waals surface area contributed by atoms with E-state index in [2.05, 4.69) is 15.3 Å². The van der Waals surface area contributed by atoms with Crippen LogP contribution >= 0.6 is 23.7 Å². The number of esters is 1. The number of nitrogen functional groups attached to an aromatic ring is 1. The lowest BCUT2D eigenvalue weighted by molar-refractivity contribution is -0.155. The number of carbonyl (C=O) groups excluding carboxylic acids is 2. The standard InChI is InChI=1S/C24H30N6O8S.ClH/c1-10(2)14(27-19(33)12(25)8-11-6-4-3-5-7-11)22(35)37-9-13-15(31)16(32)21(38-13)30-18-17(39-24(30)36)20(34)29-23(26)28-18;/h3-7,10,12-16,21,31-32H,8-9,25H2,1-2H3,(H,27,33)(H3,26,28,29,34);1H/t12-,13+,14-,15+,16+,21+;/m0./s1. The summed E-state index contributed by atoms with van der Waals surface area (Å²) in [5.41, 5.74) is 11.7. The van der Waals surface area contributed by atoms with E-state index in [1.165, 1.54) is 0 Å². The topological polar surface area (TPSA) is 225 Å². The predicted molar refractivity (Wildman–Crippen MR) is 148 cm³/mol. The van der Waals surface area contributed by atoms with Crippen molar-refractivity contribution in [1.29, 1.82) is 0 Å². The summed E-state index contributed by atoms with van der Waals surface area (Å²) in [4.78, 5) is 55.8. The number of nitrogens with zero attached hydrogens (tertiary/aromatic N) is 2. The molecule has 1 saturated heterocycles. The average molecular weight is 599 g/mol. The third-order valence-corrected chi connectivity index (χ3v) is 7.27. The number of nitrogens with two attached hydrogens (primary N) is 2. The number of benzene rings is 1. The lowest BCUT2D eigenvalue weighted by atomic mass is 10.0. The van der Waals surface area contributed by atoms with Gasteiger partial charge in [0.15, 0.2) is 11.9 Å². The minimum atomic E-state index is -1.61. The smallest absolute Gasteiger partial charge is 0.328 e. The Kier molecular flexibility index (Phi) is 10.0. The van der Waals surface area contributed by atoms with Gasteiger partial charge >= 0.3 is 10.8 Å². The molecule has 1 aliphatic heterocycles. The number of rotatable bonds is 9. The number of anilines is 1. The number of amides is 1. The zero-order valence-corrected chi connectivity index (χ0v) is 23.2. The van der Waals surface area contributed by atoms with Crippen molar-refractivity contribution in [2.75, 3.05) is 12.3 Å². The zero-order chi connectivity index (χ0) is 28.4. The number of H-pyrrole nitrogens is 1. The van der Waals surface area contributed by atoms with Crippen LogP contribution in [-0.2, 0) is 25.5 Å².